The molecule has 0 saturated carbocycles. The van der Waals surface area contributed by atoms with Gasteiger partial charge in [-0.1, -0.05) is 13.8 Å². The molecule has 1 rings (SSSR count). The van der Waals surface area contributed by atoms with E-state index >= 15 is 0 Å². The molecule has 2 atom stereocenters. The fraction of sp³-hybridized carbons (Fsp3) is 0.571. The zero-order chi connectivity index (χ0) is 22.4. The van der Waals surface area contributed by atoms with Crippen LogP contribution in [0.2, 0.25) is 0 Å². The van der Waals surface area contributed by atoms with Crippen molar-refractivity contribution in [2.24, 2.45) is 5.92 Å². The number of amides is 3. The van der Waals surface area contributed by atoms with Gasteiger partial charge in [0, 0.05) is 17.2 Å². The molecule has 0 aliphatic carbocycles. The lowest BCUT2D eigenvalue weighted by atomic mass is 10.0. The van der Waals surface area contributed by atoms with E-state index in [1.165, 1.54) is 14.2 Å². The molecule has 0 aromatic heterocycles. The lowest BCUT2D eigenvalue weighted by Gasteiger charge is -2.26. The fourth-order valence-electron chi connectivity index (χ4n) is 2.54. The molecule has 0 fully saturated rings. The second-order valence-corrected chi connectivity index (χ2v) is 8.27. The van der Waals surface area contributed by atoms with Crippen LogP contribution < -0.4 is 25.4 Å². The van der Waals surface area contributed by atoms with Crippen molar-refractivity contribution in [3.63, 3.8) is 0 Å². The Morgan fingerprint density at radius 3 is 1.79 bits per heavy atom. The number of hydrogen-bond acceptors (Lipinski definition) is 5. The summed E-state index contributed by atoms with van der Waals surface area (Å²) < 4.78 is 10.4. The molecule has 3 amide bonds. The Balaban J connectivity index is 2.91. The maximum atomic E-state index is 12.7. The maximum absolute atomic E-state index is 12.7. The summed E-state index contributed by atoms with van der Waals surface area (Å²) in [5, 5.41) is 8.22. The largest absolute Gasteiger partial charge is 0.497 e. The second-order valence-electron chi connectivity index (χ2n) is 8.27. The van der Waals surface area contributed by atoms with Crippen LogP contribution in [0, 0.1) is 5.92 Å². The van der Waals surface area contributed by atoms with Crippen LogP contribution >= 0.6 is 0 Å². The molecule has 0 spiro atoms. The lowest BCUT2D eigenvalue weighted by Crippen LogP contribution is -2.56. The minimum Gasteiger partial charge on any atom is -0.497 e. The first kappa shape index (κ1) is 24.3. The summed E-state index contributed by atoms with van der Waals surface area (Å²) in [6.45, 7) is 10.8. The third kappa shape index (κ3) is 7.63. The topological polar surface area (TPSA) is 106 Å². The van der Waals surface area contributed by atoms with E-state index in [4.69, 9.17) is 9.47 Å². The molecular formula is C21H33N3O5. The van der Waals surface area contributed by atoms with Gasteiger partial charge in [0.15, 0.2) is 0 Å². The van der Waals surface area contributed by atoms with Crippen molar-refractivity contribution in [3.05, 3.63) is 23.8 Å². The number of benzene rings is 1. The fourth-order valence-corrected chi connectivity index (χ4v) is 2.54. The van der Waals surface area contributed by atoms with E-state index in [0.29, 0.717) is 17.1 Å². The predicted octanol–water partition coefficient (Wildman–Crippen LogP) is 1.88. The van der Waals surface area contributed by atoms with Crippen molar-refractivity contribution < 1.29 is 23.9 Å². The zero-order valence-electron chi connectivity index (χ0n) is 18.5. The van der Waals surface area contributed by atoms with Gasteiger partial charge in [-0.2, -0.15) is 0 Å². The third-order valence-corrected chi connectivity index (χ3v) is 4.10. The molecule has 0 heterocycles. The van der Waals surface area contributed by atoms with Gasteiger partial charge in [-0.05, 0) is 45.7 Å². The Bertz CT molecular complexity index is 718. The lowest BCUT2D eigenvalue weighted by molar-refractivity contribution is -0.130. The molecule has 0 aliphatic rings. The van der Waals surface area contributed by atoms with Gasteiger partial charge in [0.2, 0.25) is 11.8 Å². The quantitative estimate of drug-likeness (QED) is 0.610. The molecule has 162 valence electrons. The Labute approximate surface area is 172 Å². The van der Waals surface area contributed by atoms with Crippen LogP contribution in [0.5, 0.6) is 11.5 Å². The van der Waals surface area contributed by atoms with Crippen LogP contribution in [0.15, 0.2) is 18.2 Å². The van der Waals surface area contributed by atoms with Crippen molar-refractivity contribution in [3.8, 4) is 11.5 Å². The first-order valence-electron chi connectivity index (χ1n) is 9.54. The first-order chi connectivity index (χ1) is 13.4. The summed E-state index contributed by atoms with van der Waals surface area (Å²) in [7, 11) is 2.98. The van der Waals surface area contributed by atoms with E-state index in [-0.39, 0.29) is 11.8 Å². The minimum atomic E-state index is -0.815. The summed E-state index contributed by atoms with van der Waals surface area (Å²) in [6, 6.07) is 3.22. The normalized spacial score (nSPS) is 13.3. The predicted molar refractivity (Wildman–Crippen MR) is 111 cm³/mol. The van der Waals surface area contributed by atoms with Gasteiger partial charge in [-0.25, -0.2) is 0 Å². The molecule has 29 heavy (non-hydrogen) atoms. The Morgan fingerprint density at radius 2 is 1.38 bits per heavy atom. The molecule has 0 saturated heterocycles. The van der Waals surface area contributed by atoms with E-state index in [1.807, 2.05) is 34.6 Å². The maximum Gasteiger partial charge on any atom is 0.252 e. The SMILES string of the molecule is COc1cc(OC)cc(C(=O)N[C@H](C(=O)N[C@@H](C)C(=O)NC(C)(C)C)C(C)C)c1. The van der Waals surface area contributed by atoms with Gasteiger partial charge in [0.25, 0.3) is 5.91 Å². The number of methoxy groups -OCH3 is 2. The molecule has 1 aromatic carbocycles. The molecule has 0 unspecified atom stereocenters. The standard InChI is InChI=1S/C21H33N3O5/c1-12(2)17(20(27)22-13(3)18(25)24-21(4,5)6)23-19(26)14-9-15(28-7)11-16(10-14)29-8/h9-13,17H,1-8H3,(H,22,27)(H,23,26)(H,24,25)/t13-,17-/m0/s1. The number of hydrogen-bond donors (Lipinski definition) is 3. The highest BCUT2D eigenvalue weighted by Crippen LogP contribution is 2.22. The van der Waals surface area contributed by atoms with Gasteiger partial charge < -0.3 is 25.4 Å². The van der Waals surface area contributed by atoms with E-state index in [9.17, 15) is 14.4 Å². The summed E-state index contributed by atoms with van der Waals surface area (Å²) in [6.07, 6.45) is 0. The van der Waals surface area contributed by atoms with Crippen LogP contribution in [0.3, 0.4) is 0 Å². The minimum absolute atomic E-state index is 0.190. The van der Waals surface area contributed by atoms with Crippen LogP contribution in [-0.2, 0) is 9.59 Å². The van der Waals surface area contributed by atoms with Crippen LogP contribution in [0.1, 0.15) is 51.9 Å². The summed E-state index contributed by atoms with van der Waals surface area (Å²) in [4.78, 5) is 37.7. The first-order valence-corrected chi connectivity index (χ1v) is 9.54. The number of rotatable bonds is 8. The molecule has 0 bridgehead atoms. The smallest absolute Gasteiger partial charge is 0.252 e. The molecule has 8 heteroatoms. The molecule has 0 radical (unpaired) electrons. The molecule has 1 aromatic rings. The summed E-state index contributed by atoms with van der Waals surface area (Å²) in [5.41, 5.74) is -0.106. The average Bonchev–Trinajstić information content (AvgIpc) is 2.63. The number of carbonyl (C=O) groups excluding carboxylic acids is 3. The van der Waals surface area contributed by atoms with Crippen LogP contribution in [0.25, 0.3) is 0 Å². The van der Waals surface area contributed by atoms with Gasteiger partial charge in [0.1, 0.15) is 23.6 Å². The summed E-state index contributed by atoms with van der Waals surface area (Å²) in [5.74, 6) is -0.427. The molecular weight excluding hydrogens is 374 g/mol. The van der Waals surface area contributed by atoms with Crippen molar-refractivity contribution in [1.82, 2.24) is 16.0 Å². The second kappa shape index (κ2) is 10.1. The highest BCUT2D eigenvalue weighted by Gasteiger charge is 2.28. The van der Waals surface area contributed by atoms with Crippen molar-refractivity contribution in [2.75, 3.05) is 14.2 Å². The Kier molecular flexibility index (Phi) is 8.48. The Hall–Kier alpha value is -2.77. The third-order valence-electron chi connectivity index (χ3n) is 4.10. The monoisotopic (exact) mass is 407 g/mol. The highest BCUT2D eigenvalue weighted by atomic mass is 16.5. The van der Waals surface area contributed by atoms with Gasteiger partial charge >= 0.3 is 0 Å². The van der Waals surface area contributed by atoms with Gasteiger partial charge in [-0.3, -0.25) is 14.4 Å². The van der Waals surface area contributed by atoms with Crippen molar-refractivity contribution >= 4 is 17.7 Å². The average molecular weight is 408 g/mol. The van der Waals surface area contributed by atoms with E-state index in [1.54, 1.807) is 25.1 Å². The molecule has 8 nitrogen and oxygen atoms in total. The van der Waals surface area contributed by atoms with E-state index in [2.05, 4.69) is 16.0 Å². The number of carbonyl (C=O) groups is 3. The zero-order valence-corrected chi connectivity index (χ0v) is 18.5. The van der Waals surface area contributed by atoms with Crippen LogP contribution in [-0.4, -0.2) is 49.6 Å². The van der Waals surface area contributed by atoms with E-state index in [0.717, 1.165) is 0 Å². The molecule has 0 aliphatic heterocycles. The summed E-state index contributed by atoms with van der Waals surface area (Å²) >= 11 is 0. The Morgan fingerprint density at radius 1 is 0.862 bits per heavy atom. The van der Waals surface area contributed by atoms with Crippen LogP contribution in [0.4, 0.5) is 0 Å². The number of nitrogens with one attached hydrogen (secondary N) is 3. The van der Waals surface area contributed by atoms with E-state index < -0.39 is 29.4 Å². The highest BCUT2D eigenvalue weighted by molar-refractivity contribution is 5.99. The molecule has 3 N–H and O–H groups in total. The van der Waals surface area contributed by atoms with Crippen molar-refractivity contribution in [1.29, 1.82) is 0 Å². The number of ether oxygens (including phenoxy) is 2. The van der Waals surface area contributed by atoms with Gasteiger partial charge in [0.05, 0.1) is 14.2 Å². The van der Waals surface area contributed by atoms with Gasteiger partial charge in [-0.15, -0.1) is 0 Å². The van der Waals surface area contributed by atoms with Crippen molar-refractivity contribution in [2.45, 2.75) is 59.2 Å².